The van der Waals surface area contributed by atoms with Gasteiger partial charge in [0.15, 0.2) is 0 Å². The zero-order chi connectivity index (χ0) is 19.3. The van der Waals surface area contributed by atoms with Crippen molar-refractivity contribution in [2.75, 3.05) is 13.2 Å². The van der Waals surface area contributed by atoms with E-state index in [1.165, 1.54) is 11.8 Å². The first kappa shape index (κ1) is 19.2. The Hall–Kier alpha value is -2.15. The van der Waals surface area contributed by atoms with Gasteiger partial charge in [0.1, 0.15) is 16.7 Å². The second-order valence-corrected chi connectivity index (χ2v) is 8.45. The average molecular weight is 412 g/mol. The lowest BCUT2D eigenvalue weighted by Crippen LogP contribution is -2.35. The fraction of sp³-hybridized carbons (Fsp3) is 0.273. The Morgan fingerprint density at radius 1 is 1.18 bits per heavy atom. The van der Waals surface area contributed by atoms with E-state index < -0.39 is 0 Å². The number of thioether (sulfide) groups is 1. The van der Waals surface area contributed by atoms with Crippen molar-refractivity contribution in [1.29, 1.82) is 0 Å². The molecule has 2 heterocycles. The maximum atomic E-state index is 12.7. The van der Waals surface area contributed by atoms with E-state index >= 15 is 0 Å². The van der Waals surface area contributed by atoms with Gasteiger partial charge in [-0.25, -0.2) is 0 Å². The third-order valence-corrected chi connectivity index (χ3v) is 6.09. The van der Waals surface area contributed by atoms with Gasteiger partial charge in [0.25, 0.3) is 5.91 Å². The average Bonchev–Trinajstić information content (AvgIpc) is 3.33. The molecule has 2 aromatic rings. The first-order valence-electron chi connectivity index (χ1n) is 9.33. The second kappa shape index (κ2) is 8.90. The SMILES string of the molecule is O=C1/C(=C\c2ccc(OCc3ccccc3)cc2)SC(=S)N1C[C@@H]1CCCO1. The number of ether oxygens (including phenoxy) is 2. The van der Waals surface area contributed by atoms with Crippen LogP contribution >= 0.6 is 24.0 Å². The summed E-state index contributed by atoms with van der Waals surface area (Å²) in [4.78, 5) is 15.0. The summed E-state index contributed by atoms with van der Waals surface area (Å²) in [5.41, 5.74) is 2.08. The highest BCUT2D eigenvalue weighted by Gasteiger charge is 2.34. The van der Waals surface area contributed by atoms with E-state index in [1.807, 2.05) is 60.7 Å². The molecule has 0 radical (unpaired) electrons. The normalized spacial score (nSPS) is 20.9. The van der Waals surface area contributed by atoms with Gasteiger partial charge in [0.2, 0.25) is 0 Å². The van der Waals surface area contributed by atoms with Gasteiger partial charge in [-0.15, -0.1) is 0 Å². The van der Waals surface area contributed by atoms with Crippen LogP contribution < -0.4 is 4.74 Å². The summed E-state index contributed by atoms with van der Waals surface area (Å²) in [5.74, 6) is 0.766. The van der Waals surface area contributed by atoms with Crippen LogP contribution in [0.25, 0.3) is 6.08 Å². The summed E-state index contributed by atoms with van der Waals surface area (Å²) in [6.07, 6.45) is 4.02. The van der Waals surface area contributed by atoms with Crippen LogP contribution in [-0.4, -0.2) is 34.4 Å². The van der Waals surface area contributed by atoms with Crippen molar-refractivity contribution in [3.8, 4) is 5.75 Å². The number of nitrogens with zero attached hydrogens (tertiary/aromatic N) is 1. The van der Waals surface area contributed by atoms with E-state index in [1.54, 1.807) is 4.90 Å². The van der Waals surface area contributed by atoms with Gasteiger partial charge >= 0.3 is 0 Å². The standard InChI is InChI=1S/C22H21NO3S2/c24-21-20(28-22(27)23(21)14-19-7-4-12-25-19)13-16-8-10-18(11-9-16)26-15-17-5-2-1-3-6-17/h1-3,5-6,8-11,13,19H,4,7,12,14-15H2/b20-13+/t19-/m0/s1. The number of rotatable bonds is 6. The van der Waals surface area contributed by atoms with Crippen molar-refractivity contribution in [3.63, 3.8) is 0 Å². The molecular weight excluding hydrogens is 390 g/mol. The predicted molar refractivity (Wildman–Crippen MR) is 116 cm³/mol. The molecule has 6 heteroatoms. The Bertz CT molecular complexity index is 874. The van der Waals surface area contributed by atoms with E-state index in [0.717, 1.165) is 36.3 Å². The minimum Gasteiger partial charge on any atom is -0.489 e. The molecule has 0 N–H and O–H groups in total. The molecule has 2 aromatic carbocycles. The lowest BCUT2D eigenvalue weighted by molar-refractivity contribution is -0.123. The van der Waals surface area contributed by atoms with Crippen molar-refractivity contribution in [2.24, 2.45) is 0 Å². The van der Waals surface area contributed by atoms with Crippen molar-refractivity contribution >= 4 is 40.3 Å². The second-order valence-electron chi connectivity index (χ2n) is 6.77. The summed E-state index contributed by atoms with van der Waals surface area (Å²) in [5, 5.41) is 0. The number of carbonyl (C=O) groups excluding carboxylic acids is 1. The minimum absolute atomic E-state index is 0.0325. The predicted octanol–water partition coefficient (Wildman–Crippen LogP) is 4.65. The zero-order valence-electron chi connectivity index (χ0n) is 15.4. The van der Waals surface area contributed by atoms with Gasteiger partial charge in [-0.1, -0.05) is 66.4 Å². The van der Waals surface area contributed by atoms with Gasteiger partial charge in [-0.2, -0.15) is 0 Å². The van der Waals surface area contributed by atoms with Crippen molar-refractivity contribution in [1.82, 2.24) is 4.90 Å². The Kier molecular flexibility index (Phi) is 6.10. The largest absolute Gasteiger partial charge is 0.489 e. The lowest BCUT2D eigenvalue weighted by atomic mass is 10.2. The number of thiocarbonyl (C=S) groups is 1. The Labute approximate surface area is 174 Å². The molecule has 144 valence electrons. The number of amides is 1. The summed E-state index contributed by atoms with van der Waals surface area (Å²) >= 11 is 6.75. The van der Waals surface area contributed by atoms with Gasteiger partial charge in [-0.3, -0.25) is 9.69 Å². The number of carbonyl (C=O) groups is 1. The molecular formula is C22H21NO3S2. The molecule has 1 atom stereocenters. The molecule has 1 amide bonds. The smallest absolute Gasteiger partial charge is 0.266 e. The van der Waals surface area contributed by atoms with E-state index in [2.05, 4.69) is 0 Å². The fourth-order valence-corrected chi connectivity index (χ4v) is 4.48. The van der Waals surface area contributed by atoms with Crippen LogP contribution in [0.3, 0.4) is 0 Å². The third kappa shape index (κ3) is 4.63. The van der Waals surface area contributed by atoms with Crippen molar-refractivity contribution < 1.29 is 14.3 Å². The van der Waals surface area contributed by atoms with E-state index in [4.69, 9.17) is 21.7 Å². The molecule has 0 aliphatic carbocycles. The maximum Gasteiger partial charge on any atom is 0.266 e. The van der Waals surface area contributed by atoms with Crippen LogP contribution in [0.2, 0.25) is 0 Å². The molecule has 4 rings (SSSR count). The molecule has 2 saturated heterocycles. The number of benzene rings is 2. The fourth-order valence-electron chi connectivity index (χ4n) is 3.20. The molecule has 0 unspecified atom stereocenters. The quantitative estimate of drug-likeness (QED) is 0.511. The monoisotopic (exact) mass is 411 g/mol. The Balaban J connectivity index is 1.38. The summed E-state index contributed by atoms with van der Waals surface area (Å²) in [6, 6.07) is 17.8. The molecule has 2 aliphatic rings. The van der Waals surface area contributed by atoms with E-state index in [9.17, 15) is 4.79 Å². The van der Waals surface area contributed by atoms with E-state index in [-0.39, 0.29) is 12.0 Å². The summed E-state index contributed by atoms with van der Waals surface area (Å²) < 4.78 is 12.1. The van der Waals surface area contributed by atoms with Gasteiger partial charge < -0.3 is 9.47 Å². The molecule has 0 bridgehead atoms. The van der Waals surface area contributed by atoms with E-state index in [0.29, 0.717) is 22.4 Å². The summed E-state index contributed by atoms with van der Waals surface area (Å²) in [6.45, 7) is 1.85. The number of hydrogen-bond donors (Lipinski definition) is 0. The molecule has 28 heavy (non-hydrogen) atoms. The molecule has 0 saturated carbocycles. The maximum absolute atomic E-state index is 12.7. The molecule has 4 nitrogen and oxygen atoms in total. The highest BCUT2D eigenvalue weighted by Crippen LogP contribution is 2.33. The Morgan fingerprint density at radius 3 is 2.68 bits per heavy atom. The van der Waals surface area contributed by atoms with Crippen LogP contribution in [0.5, 0.6) is 5.75 Å². The highest BCUT2D eigenvalue weighted by atomic mass is 32.2. The van der Waals surface area contributed by atoms with Crippen LogP contribution in [0.1, 0.15) is 24.0 Å². The van der Waals surface area contributed by atoms with Gasteiger partial charge in [0, 0.05) is 6.61 Å². The van der Waals surface area contributed by atoms with Gasteiger partial charge in [-0.05, 0) is 42.2 Å². The molecule has 0 spiro atoms. The van der Waals surface area contributed by atoms with Gasteiger partial charge in [0.05, 0.1) is 17.6 Å². The Morgan fingerprint density at radius 2 is 1.96 bits per heavy atom. The molecule has 2 aliphatic heterocycles. The van der Waals surface area contributed by atoms with Crippen molar-refractivity contribution in [2.45, 2.75) is 25.6 Å². The topological polar surface area (TPSA) is 38.8 Å². The highest BCUT2D eigenvalue weighted by molar-refractivity contribution is 8.26. The third-order valence-electron chi connectivity index (χ3n) is 4.71. The van der Waals surface area contributed by atoms with Crippen LogP contribution in [0.15, 0.2) is 59.5 Å². The lowest BCUT2D eigenvalue weighted by Gasteiger charge is -2.18. The van der Waals surface area contributed by atoms with Crippen LogP contribution in [0, 0.1) is 0 Å². The van der Waals surface area contributed by atoms with Crippen LogP contribution in [-0.2, 0) is 16.1 Å². The molecule has 0 aromatic heterocycles. The zero-order valence-corrected chi connectivity index (χ0v) is 17.0. The first-order valence-corrected chi connectivity index (χ1v) is 10.6. The van der Waals surface area contributed by atoms with Crippen LogP contribution in [0.4, 0.5) is 0 Å². The minimum atomic E-state index is -0.0325. The van der Waals surface area contributed by atoms with Crippen molar-refractivity contribution in [3.05, 3.63) is 70.6 Å². The summed E-state index contributed by atoms with van der Waals surface area (Å²) in [7, 11) is 0. The first-order chi connectivity index (χ1) is 13.7. The molecule has 2 fully saturated rings. The number of hydrogen-bond acceptors (Lipinski definition) is 5.